The summed E-state index contributed by atoms with van der Waals surface area (Å²) in [4.78, 5) is 14.9. The van der Waals surface area contributed by atoms with Crippen molar-refractivity contribution in [3.05, 3.63) is 65.3 Å². The number of rotatable bonds is 4. The molecule has 5 heteroatoms. The summed E-state index contributed by atoms with van der Waals surface area (Å²) < 4.78 is 1.85. The summed E-state index contributed by atoms with van der Waals surface area (Å²) in [5, 5.41) is 5.42. The lowest BCUT2D eigenvalue weighted by molar-refractivity contribution is -0.129. The van der Waals surface area contributed by atoms with Gasteiger partial charge in [-0.2, -0.15) is 5.10 Å². The fraction of sp³-hybridized carbons (Fsp3) is 0.304. The van der Waals surface area contributed by atoms with Crippen LogP contribution in [-0.2, 0) is 4.79 Å². The van der Waals surface area contributed by atoms with Gasteiger partial charge in [0.15, 0.2) is 0 Å². The standard InChI is InChI=1S/C23H24ClN3O/c1-2-19-7-3-5-15-26(19)22(28)14-13-20-21-8-4-6-16-27(21)25-23(20)17-9-11-18(24)12-10-17/h4,6,8-14,16,19H,2-3,5,7,15H2,1H3/b14-13+. The van der Waals surface area contributed by atoms with Crippen LogP contribution in [0.1, 0.15) is 38.2 Å². The number of amides is 1. The molecule has 3 aromatic rings. The first-order chi connectivity index (χ1) is 13.7. The molecule has 3 heterocycles. The molecule has 144 valence electrons. The van der Waals surface area contributed by atoms with Crippen LogP contribution in [0.3, 0.4) is 0 Å². The minimum absolute atomic E-state index is 0.0869. The Hall–Kier alpha value is -2.59. The highest BCUT2D eigenvalue weighted by Crippen LogP contribution is 2.29. The molecule has 1 saturated heterocycles. The summed E-state index contributed by atoms with van der Waals surface area (Å²) in [7, 11) is 0. The quantitative estimate of drug-likeness (QED) is 0.552. The number of benzene rings is 1. The third-order valence-electron chi connectivity index (χ3n) is 5.47. The van der Waals surface area contributed by atoms with Gasteiger partial charge in [0.25, 0.3) is 0 Å². The Morgan fingerprint density at radius 1 is 1.21 bits per heavy atom. The fourth-order valence-electron chi connectivity index (χ4n) is 3.97. The first kappa shape index (κ1) is 18.8. The van der Waals surface area contributed by atoms with E-state index in [0.717, 1.165) is 48.1 Å². The number of hydrogen-bond acceptors (Lipinski definition) is 2. The van der Waals surface area contributed by atoms with Gasteiger partial charge >= 0.3 is 0 Å². The predicted molar refractivity (Wildman–Crippen MR) is 114 cm³/mol. The van der Waals surface area contributed by atoms with E-state index < -0.39 is 0 Å². The van der Waals surface area contributed by atoms with Gasteiger partial charge in [0.2, 0.25) is 5.91 Å². The minimum Gasteiger partial charge on any atom is -0.336 e. The van der Waals surface area contributed by atoms with Crippen molar-refractivity contribution in [1.82, 2.24) is 14.5 Å². The number of hydrogen-bond donors (Lipinski definition) is 0. The normalized spacial score (nSPS) is 17.5. The number of likely N-dealkylation sites (tertiary alicyclic amines) is 1. The van der Waals surface area contributed by atoms with Crippen LogP contribution in [0, 0.1) is 0 Å². The molecule has 1 unspecified atom stereocenters. The first-order valence-corrected chi connectivity index (χ1v) is 10.3. The van der Waals surface area contributed by atoms with Gasteiger partial charge in [-0.25, -0.2) is 4.52 Å². The maximum absolute atomic E-state index is 12.9. The van der Waals surface area contributed by atoms with Crippen LogP contribution in [-0.4, -0.2) is 33.0 Å². The average molecular weight is 394 g/mol. The van der Waals surface area contributed by atoms with E-state index in [9.17, 15) is 4.79 Å². The SMILES string of the molecule is CCC1CCCCN1C(=O)/C=C/c1c(-c2ccc(Cl)cc2)nn2ccccc12. The van der Waals surface area contributed by atoms with E-state index in [0.29, 0.717) is 11.1 Å². The Kier molecular flexibility index (Phi) is 5.49. The van der Waals surface area contributed by atoms with Crippen LogP contribution >= 0.6 is 11.6 Å². The highest BCUT2D eigenvalue weighted by Gasteiger charge is 2.24. The smallest absolute Gasteiger partial charge is 0.246 e. The molecule has 1 aliphatic rings. The van der Waals surface area contributed by atoms with Crippen LogP contribution in [0.4, 0.5) is 0 Å². The van der Waals surface area contributed by atoms with Crippen molar-refractivity contribution in [3.63, 3.8) is 0 Å². The zero-order chi connectivity index (χ0) is 19.5. The molecule has 1 aliphatic heterocycles. The number of carbonyl (C=O) groups excluding carboxylic acids is 1. The summed E-state index contributed by atoms with van der Waals surface area (Å²) in [5.41, 5.74) is 3.74. The summed E-state index contributed by atoms with van der Waals surface area (Å²) >= 11 is 6.04. The lowest BCUT2D eigenvalue weighted by Gasteiger charge is -2.34. The van der Waals surface area contributed by atoms with Gasteiger partial charge in [-0.3, -0.25) is 4.79 Å². The average Bonchev–Trinajstić information content (AvgIpc) is 3.11. The van der Waals surface area contributed by atoms with Gasteiger partial charge in [-0.15, -0.1) is 0 Å². The Morgan fingerprint density at radius 2 is 2.04 bits per heavy atom. The zero-order valence-corrected chi connectivity index (χ0v) is 16.8. The maximum atomic E-state index is 12.9. The van der Waals surface area contributed by atoms with E-state index in [2.05, 4.69) is 6.92 Å². The van der Waals surface area contributed by atoms with Gasteiger partial charge in [-0.05, 0) is 56.0 Å². The van der Waals surface area contributed by atoms with Crippen molar-refractivity contribution in [3.8, 4) is 11.3 Å². The molecule has 0 aliphatic carbocycles. The van der Waals surface area contributed by atoms with Crippen LogP contribution in [0.2, 0.25) is 5.02 Å². The molecule has 1 atom stereocenters. The molecule has 1 fully saturated rings. The molecule has 0 radical (unpaired) electrons. The number of pyridine rings is 1. The Balaban J connectivity index is 1.71. The second-order valence-corrected chi connectivity index (χ2v) is 7.66. The lowest BCUT2D eigenvalue weighted by atomic mass is 10.00. The number of carbonyl (C=O) groups is 1. The molecule has 2 aromatic heterocycles. The highest BCUT2D eigenvalue weighted by molar-refractivity contribution is 6.30. The van der Waals surface area contributed by atoms with Gasteiger partial charge in [0.05, 0.1) is 5.52 Å². The van der Waals surface area contributed by atoms with E-state index in [1.54, 1.807) is 6.08 Å². The number of nitrogens with zero attached hydrogens (tertiary/aromatic N) is 3. The topological polar surface area (TPSA) is 37.6 Å². The largest absolute Gasteiger partial charge is 0.336 e. The number of piperidine rings is 1. The van der Waals surface area contributed by atoms with E-state index in [-0.39, 0.29) is 5.91 Å². The molecule has 4 nitrogen and oxygen atoms in total. The van der Waals surface area contributed by atoms with E-state index >= 15 is 0 Å². The zero-order valence-electron chi connectivity index (χ0n) is 16.0. The van der Waals surface area contributed by atoms with Crippen molar-refractivity contribution in [2.75, 3.05) is 6.54 Å². The van der Waals surface area contributed by atoms with Gasteiger partial charge in [0, 0.05) is 41.0 Å². The first-order valence-electron chi connectivity index (χ1n) is 9.89. The maximum Gasteiger partial charge on any atom is 0.246 e. The second-order valence-electron chi connectivity index (χ2n) is 7.22. The predicted octanol–water partition coefficient (Wildman–Crippen LogP) is 5.46. The van der Waals surface area contributed by atoms with Crippen molar-refractivity contribution in [1.29, 1.82) is 0 Å². The molecule has 1 amide bonds. The second kappa shape index (κ2) is 8.19. The highest BCUT2D eigenvalue weighted by atomic mass is 35.5. The van der Waals surface area contributed by atoms with Crippen molar-refractivity contribution in [2.45, 2.75) is 38.6 Å². The molecule has 4 rings (SSSR count). The molecule has 0 saturated carbocycles. The van der Waals surface area contributed by atoms with Gasteiger partial charge < -0.3 is 4.90 Å². The molecule has 0 N–H and O–H groups in total. The Labute approximate surface area is 170 Å². The number of halogens is 1. The third-order valence-corrected chi connectivity index (χ3v) is 5.72. The van der Waals surface area contributed by atoms with Crippen LogP contribution in [0.25, 0.3) is 22.9 Å². The van der Waals surface area contributed by atoms with Gasteiger partial charge in [0.1, 0.15) is 5.69 Å². The summed E-state index contributed by atoms with van der Waals surface area (Å²) in [6.45, 7) is 3.00. The molecule has 1 aromatic carbocycles. The van der Waals surface area contributed by atoms with E-state index in [1.807, 2.05) is 64.2 Å². The summed E-state index contributed by atoms with van der Waals surface area (Å²) in [6, 6.07) is 13.9. The summed E-state index contributed by atoms with van der Waals surface area (Å²) in [5.74, 6) is 0.0869. The Morgan fingerprint density at radius 3 is 2.82 bits per heavy atom. The Bertz CT molecular complexity index is 1010. The molecular formula is C23H24ClN3O. The van der Waals surface area contributed by atoms with Crippen LogP contribution < -0.4 is 0 Å². The van der Waals surface area contributed by atoms with E-state index in [1.165, 1.54) is 6.42 Å². The molecule has 0 bridgehead atoms. The monoisotopic (exact) mass is 393 g/mol. The summed E-state index contributed by atoms with van der Waals surface area (Å²) in [6.07, 6.45) is 9.94. The lowest BCUT2D eigenvalue weighted by Crippen LogP contribution is -2.42. The van der Waals surface area contributed by atoms with Crippen molar-refractivity contribution in [2.24, 2.45) is 0 Å². The molecular weight excluding hydrogens is 370 g/mol. The minimum atomic E-state index is 0.0869. The number of fused-ring (bicyclic) bond motifs is 1. The number of aromatic nitrogens is 2. The van der Waals surface area contributed by atoms with Crippen LogP contribution in [0.15, 0.2) is 54.7 Å². The van der Waals surface area contributed by atoms with Crippen molar-refractivity contribution < 1.29 is 4.79 Å². The molecule has 0 spiro atoms. The fourth-order valence-corrected chi connectivity index (χ4v) is 4.09. The van der Waals surface area contributed by atoms with Gasteiger partial charge in [-0.1, -0.05) is 36.7 Å². The third kappa shape index (κ3) is 3.69. The van der Waals surface area contributed by atoms with E-state index in [4.69, 9.17) is 16.7 Å². The molecule has 28 heavy (non-hydrogen) atoms. The van der Waals surface area contributed by atoms with Crippen molar-refractivity contribution >= 4 is 29.1 Å². The van der Waals surface area contributed by atoms with Crippen LogP contribution in [0.5, 0.6) is 0 Å².